The molecule has 2 rings (SSSR count). The van der Waals surface area contributed by atoms with Crippen LogP contribution in [0.1, 0.15) is 78.1 Å². The Bertz CT molecular complexity index is 764. The van der Waals surface area contributed by atoms with E-state index in [2.05, 4.69) is 13.8 Å². The summed E-state index contributed by atoms with van der Waals surface area (Å²) in [6.45, 7) is 4.90. The molecule has 0 saturated carbocycles. The average Bonchev–Trinajstić information content (AvgIpc) is 2.77. The van der Waals surface area contributed by atoms with Crippen LogP contribution in [0, 0.1) is 0 Å². The second-order valence-corrected chi connectivity index (χ2v) is 8.77. The summed E-state index contributed by atoms with van der Waals surface area (Å²) in [6.07, 6.45) is 9.73. The average molecular weight is 451 g/mol. The molecule has 0 aromatic heterocycles. The van der Waals surface area contributed by atoms with Crippen LogP contribution in [0.5, 0.6) is 11.5 Å². The molecule has 0 heterocycles. The number of aliphatic hydroxyl groups excluding tert-OH is 2. The molecule has 0 spiro atoms. The third-order valence-corrected chi connectivity index (χ3v) is 5.94. The molecule has 2 aromatic carbocycles. The van der Waals surface area contributed by atoms with Crippen LogP contribution < -0.4 is 9.47 Å². The number of aliphatic hydroxyl groups is 2. The Kier molecular flexibility index (Phi) is 12.1. The van der Waals surface area contributed by atoms with Gasteiger partial charge in [0.15, 0.2) is 0 Å². The molecule has 2 aromatic rings. The molecule has 0 aliphatic carbocycles. The largest absolute Gasteiger partial charge is 0.491 e. The molecule has 0 bridgehead atoms. The van der Waals surface area contributed by atoms with Crippen molar-refractivity contribution in [1.29, 1.82) is 0 Å². The second kappa shape index (κ2) is 14.5. The van der Waals surface area contributed by atoms with E-state index in [1.807, 2.05) is 30.3 Å². The SMILES string of the molecule is CCCCCCC(O)COc1ccc2c(Cl)c(OCC(O)CCCCCC)ccc2c1. The summed E-state index contributed by atoms with van der Waals surface area (Å²) in [5, 5.41) is 22.6. The second-order valence-electron chi connectivity index (χ2n) is 8.39. The van der Waals surface area contributed by atoms with Crippen molar-refractivity contribution in [3.63, 3.8) is 0 Å². The highest BCUT2D eigenvalue weighted by Gasteiger charge is 2.11. The van der Waals surface area contributed by atoms with Crippen LogP contribution >= 0.6 is 11.6 Å². The number of ether oxygens (including phenoxy) is 2. The normalized spacial score (nSPS) is 13.3. The van der Waals surface area contributed by atoms with Gasteiger partial charge >= 0.3 is 0 Å². The first-order valence-electron chi connectivity index (χ1n) is 11.9. The first-order chi connectivity index (χ1) is 15.0. The van der Waals surface area contributed by atoms with Crippen molar-refractivity contribution >= 4 is 22.4 Å². The van der Waals surface area contributed by atoms with Crippen molar-refractivity contribution in [2.24, 2.45) is 0 Å². The van der Waals surface area contributed by atoms with E-state index >= 15 is 0 Å². The molecule has 0 aliphatic heterocycles. The van der Waals surface area contributed by atoms with Gasteiger partial charge < -0.3 is 19.7 Å². The molecule has 0 fully saturated rings. The van der Waals surface area contributed by atoms with Crippen LogP contribution in [0.15, 0.2) is 30.3 Å². The van der Waals surface area contributed by atoms with E-state index in [1.165, 1.54) is 25.7 Å². The van der Waals surface area contributed by atoms with Crippen LogP contribution in [-0.4, -0.2) is 35.6 Å². The Hall–Kier alpha value is -1.49. The quantitative estimate of drug-likeness (QED) is 0.273. The Labute approximate surface area is 192 Å². The summed E-state index contributed by atoms with van der Waals surface area (Å²) in [4.78, 5) is 0. The lowest BCUT2D eigenvalue weighted by molar-refractivity contribution is 0.0974. The minimum Gasteiger partial charge on any atom is -0.491 e. The van der Waals surface area contributed by atoms with Crippen LogP contribution in [-0.2, 0) is 0 Å². The van der Waals surface area contributed by atoms with E-state index < -0.39 is 12.2 Å². The topological polar surface area (TPSA) is 58.9 Å². The monoisotopic (exact) mass is 450 g/mol. The lowest BCUT2D eigenvalue weighted by Crippen LogP contribution is -2.17. The number of benzene rings is 2. The van der Waals surface area contributed by atoms with Crippen LogP contribution in [0.4, 0.5) is 0 Å². The van der Waals surface area contributed by atoms with Crippen LogP contribution in [0.3, 0.4) is 0 Å². The zero-order valence-corrected chi connectivity index (χ0v) is 19.9. The van der Waals surface area contributed by atoms with E-state index in [1.54, 1.807) is 0 Å². The lowest BCUT2D eigenvalue weighted by Gasteiger charge is -2.15. The van der Waals surface area contributed by atoms with Gasteiger partial charge in [-0.15, -0.1) is 0 Å². The highest BCUT2D eigenvalue weighted by molar-refractivity contribution is 6.37. The van der Waals surface area contributed by atoms with Crippen molar-refractivity contribution in [3.05, 3.63) is 35.4 Å². The highest BCUT2D eigenvalue weighted by atomic mass is 35.5. The van der Waals surface area contributed by atoms with Gasteiger partial charge in [0.2, 0.25) is 0 Å². The van der Waals surface area contributed by atoms with Gasteiger partial charge in [0, 0.05) is 5.39 Å². The number of halogens is 1. The van der Waals surface area contributed by atoms with Crippen molar-refractivity contribution in [2.45, 2.75) is 90.3 Å². The summed E-state index contributed by atoms with van der Waals surface area (Å²) >= 11 is 6.55. The Morgan fingerprint density at radius 1 is 0.774 bits per heavy atom. The van der Waals surface area contributed by atoms with Crippen molar-refractivity contribution in [3.8, 4) is 11.5 Å². The first-order valence-corrected chi connectivity index (χ1v) is 12.3. The maximum Gasteiger partial charge on any atom is 0.138 e. The number of hydrogen-bond donors (Lipinski definition) is 2. The molecular weight excluding hydrogens is 412 g/mol. The fourth-order valence-electron chi connectivity index (χ4n) is 3.61. The van der Waals surface area contributed by atoms with Crippen molar-refractivity contribution in [2.75, 3.05) is 13.2 Å². The third-order valence-electron chi connectivity index (χ3n) is 5.55. The van der Waals surface area contributed by atoms with Crippen molar-refractivity contribution in [1.82, 2.24) is 0 Å². The summed E-state index contributed by atoms with van der Waals surface area (Å²) in [5.74, 6) is 1.30. The highest BCUT2D eigenvalue weighted by Crippen LogP contribution is 2.34. The summed E-state index contributed by atoms with van der Waals surface area (Å²) < 4.78 is 11.6. The molecule has 2 atom stereocenters. The molecule has 0 aliphatic rings. The number of hydrogen-bond acceptors (Lipinski definition) is 4. The molecule has 0 saturated heterocycles. The standard InChI is InChI=1S/C26H39ClO4/c1-3-5-7-9-11-21(28)18-30-23-14-15-24-20(17-23)13-16-25(26(24)27)31-19-22(29)12-10-8-6-4-2/h13-17,21-22,28-29H,3-12,18-19H2,1-2H3. The predicted molar refractivity (Wildman–Crippen MR) is 129 cm³/mol. The van der Waals surface area contributed by atoms with Gasteiger partial charge in [-0.3, -0.25) is 0 Å². The van der Waals surface area contributed by atoms with E-state index in [9.17, 15) is 10.2 Å². The van der Waals surface area contributed by atoms with Gasteiger partial charge in [0.1, 0.15) is 24.7 Å². The molecule has 174 valence electrons. The fraction of sp³-hybridized carbons (Fsp3) is 0.615. The molecule has 4 nitrogen and oxygen atoms in total. The lowest BCUT2D eigenvalue weighted by atomic mass is 10.1. The van der Waals surface area contributed by atoms with Crippen molar-refractivity contribution < 1.29 is 19.7 Å². The first kappa shape index (κ1) is 25.8. The number of rotatable bonds is 16. The molecule has 0 radical (unpaired) electrons. The van der Waals surface area contributed by atoms with E-state index in [0.717, 1.165) is 49.3 Å². The number of unbranched alkanes of at least 4 members (excludes halogenated alkanes) is 6. The van der Waals surface area contributed by atoms with Crippen LogP contribution in [0.2, 0.25) is 5.02 Å². The maximum atomic E-state index is 10.1. The molecule has 5 heteroatoms. The minimum absolute atomic E-state index is 0.245. The van der Waals surface area contributed by atoms with Gasteiger partial charge in [-0.1, -0.05) is 82.9 Å². The summed E-state index contributed by atoms with van der Waals surface area (Å²) in [6, 6.07) is 9.48. The predicted octanol–water partition coefficient (Wildman–Crippen LogP) is 6.91. The molecular formula is C26H39ClO4. The van der Waals surface area contributed by atoms with E-state index in [0.29, 0.717) is 23.1 Å². The van der Waals surface area contributed by atoms with Gasteiger partial charge in [0.05, 0.1) is 17.2 Å². The van der Waals surface area contributed by atoms with Gasteiger partial charge in [-0.2, -0.15) is 0 Å². The van der Waals surface area contributed by atoms with Gasteiger partial charge in [0.25, 0.3) is 0 Å². The Balaban J connectivity index is 1.86. The maximum absolute atomic E-state index is 10.1. The van der Waals surface area contributed by atoms with E-state index in [-0.39, 0.29) is 6.61 Å². The fourth-order valence-corrected chi connectivity index (χ4v) is 3.90. The molecule has 2 unspecified atom stereocenters. The number of fused-ring (bicyclic) bond motifs is 1. The Morgan fingerprint density at radius 2 is 1.39 bits per heavy atom. The third kappa shape index (κ3) is 9.26. The molecule has 31 heavy (non-hydrogen) atoms. The van der Waals surface area contributed by atoms with Gasteiger partial charge in [-0.05, 0) is 42.5 Å². The van der Waals surface area contributed by atoms with E-state index in [4.69, 9.17) is 21.1 Å². The Morgan fingerprint density at radius 3 is 2.00 bits per heavy atom. The summed E-state index contributed by atoms with van der Waals surface area (Å²) in [5.41, 5.74) is 0. The minimum atomic E-state index is -0.479. The summed E-state index contributed by atoms with van der Waals surface area (Å²) in [7, 11) is 0. The molecule has 2 N–H and O–H groups in total. The smallest absolute Gasteiger partial charge is 0.138 e. The molecule has 0 amide bonds. The zero-order chi connectivity index (χ0) is 22.5. The van der Waals surface area contributed by atoms with Gasteiger partial charge in [-0.25, -0.2) is 0 Å². The van der Waals surface area contributed by atoms with Crippen LogP contribution in [0.25, 0.3) is 10.8 Å². The zero-order valence-electron chi connectivity index (χ0n) is 19.1.